The smallest absolute Gasteiger partial charge is 0.312 e. The monoisotopic (exact) mass is 529 g/mol. The molecular weight excluding hydrogens is 496 g/mol. The van der Waals surface area contributed by atoms with Crippen LogP contribution in [0.25, 0.3) is 0 Å². The van der Waals surface area contributed by atoms with Crippen LogP contribution in [0.2, 0.25) is 6.04 Å². The SMILES string of the molecule is CO[Si]CCCSCC(C)(C)C(=O)OCC[N+](C)(C)CCCS(=O)(=O)[O-].[V].[V]. The van der Waals surface area contributed by atoms with Crippen molar-refractivity contribution < 1.29 is 68.5 Å². The second-order valence-electron chi connectivity index (χ2n) is 7.52. The van der Waals surface area contributed by atoms with Crippen molar-refractivity contribution in [2.24, 2.45) is 5.41 Å². The summed E-state index contributed by atoms with van der Waals surface area (Å²) >= 11 is 1.75. The molecule has 0 aromatic rings. The minimum absolute atomic E-state index is 0. The quantitative estimate of drug-likeness (QED) is 0.104. The molecule has 0 fully saturated rings. The summed E-state index contributed by atoms with van der Waals surface area (Å²) in [5.74, 6) is 1.14. The second-order valence-corrected chi connectivity index (χ2v) is 11.3. The second kappa shape index (κ2) is 16.7. The molecule has 0 unspecified atom stereocenters. The van der Waals surface area contributed by atoms with E-state index in [4.69, 9.17) is 9.16 Å². The van der Waals surface area contributed by atoms with Gasteiger partial charge in [-0.25, -0.2) is 8.42 Å². The average Bonchev–Trinajstić information content (AvgIpc) is 2.48. The Morgan fingerprint density at radius 3 is 2.32 bits per heavy atom. The Labute approximate surface area is 201 Å². The standard InChI is InChI=1S/C16H33NO6S2Si.2V/c1-16(2,14-24-11-7-13-26-22-5)15(18)23-10-9-17(3,4)8-6-12-25(19,20)21;;/h6-14H2,1-5H3;;. The van der Waals surface area contributed by atoms with Crippen molar-refractivity contribution in [1.82, 2.24) is 0 Å². The fourth-order valence-corrected chi connectivity index (χ4v) is 4.48. The molecule has 0 rings (SSSR count). The van der Waals surface area contributed by atoms with Gasteiger partial charge in [0.1, 0.15) is 13.2 Å². The number of carbonyl (C=O) groups is 1. The summed E-state index contributed by atoms with van der Waals surface area (Å²) in [5.41, 5.74) is -0.540. The molecule has 0 bridgehead atoms. The number of quaternary nitrogens is 1. The number of carbonyl (C=O) groups excluding carboxylic acids is 1. The van der Waals surface area contributed by atoms with Crippen LogP contribution in [0.4, 0.5) is 0 Å². The normalized spacial score (nSPS) is 12.1. The van der Waals surface area contributed by atoms with Crippen molar-refractivity contribution in [2.45, 2.75) is 32.7 Å². The van der Waals surface area contributed by atoms with Crippen LogP contribution < -0.4 is 0 Å². The molecule has 0 N–H and O–H groups in total. The van der Waals surface area contributed by atoms with E-state index in [1.165, 1.54) is 0 Å². The number of hydrogen-bond acceptors (Lipinski definition) is 7. The van der Waals surface area contributed by atoms with Gasteiger partial charge in [0.25, 0.3) is 0 Å². The maximum absolute atomic E-state index is 12.3. The zero-order valence-electron chi connectivity index (χ0n) is 17.5. The van der Waals surface area contributed by atoms with Crippen LogP contribution in [0.3, 0.4) is 0 Å². The first kappa shape index (κ1) is 33.7. The minimum atomic E-state index is -4.17. The van der Waals surface area contributed by atoms with Crippen molar-refractivity contribution in [1.29, 1.82) is 0 Å². The summed E-state index contributed by atoms with van der Waals surface area (Å²) in [6, 6.07) is 1.05. The Morgan fingerprint density at radius 1 is 1.18 bits per heavy atom. The van der Waals surface area contributed by atoms with Crippen LogP contribution in [0.5, 0.6) is 0 Å². The van der Waals surface area contributed by atoms with Gasteiger partial charge in [0.05, 0.1) is 36.2 Å². The number of nitrogens with zero attached hydrogens (tertiary/aromatic N) is 1. The molecule has 7 nitrogen and oxygen atoms in total. The Balaban J connectivity index is -0.00000312. The van der Waals surface area contributed by atoms with E-state index in [9.17, 15) is 17.8 Å². The number of likely N-dealkylation sites (N-methyl/N-ethyl adjacent to an activating group) is 1. The van der Waals surface area contributed by atoms with Crippen LogP contribution in [-0.4, -0.2) is 91.3 Å². The summed E-state index contributed by atoms with van der Waals surface area (Å²) in [6.45, 7) is 5.17. The predicted molar refractivity (Wildman–Crippen MR) is 105 cm³/mol. The predicted octanol–water partition coefficient (Wildman–Crippen LogP) is 1.37. The van der Waals surface area contributed by atoms with E-state index >= 15 is 0 Å². The van der Waals surface area contributed by atoms with E-state index in [1.807, 2.05) is 27.9 Å². The molecule has 0 aromatic carbocycles. The van der Waals surface area contributed by atoms with E-state index in [-0.39, 0.29) is 55.4 Å². The summed E-state index contributed by atoms with van der Waals surface area (Å²) in [5, 5.41) is 0. The molecule has 0 aliphatic carbocycles. The largest absolute Gasteiger partial charge is 0.748 e. The van der Waals surface area contributed by atoms with Crippen LogP contribution in [-0.2, 0) is 61.2 Å². The van der Waals surface area contributed by atoms with Crippen molar-refractivity contribution in [2.75, 3.05) is 58.2 Å². The molecule has 0 amide bonds. The summed E-state index contributed by atoms with van der Waals surface area (Å²) in [6.07, 6.45) is 1.38. The molecule has 0 heterocycles. The maximum atomic E-state index is 12.3. The van der Waals surface area contributed by atoms with Gasteiger partial charge < -0.3 is 18.2 Å². The van der Waals surface area contributed by atoms with E-state index < -0.39 is 15.5 Å². The molecule has 164 valence electrons. The molecular formula is C16H33NO6S2SiV2. The molecule has 0 aliphatic heterocycles. The van der Waals surface area contributed by atoms with E-state index in [0.717, 1.165) is 18.2 Å². The van der Waals surface area contributed by atoms with Crippen LogP contribution >= 0.6 is 11.8 Å². The van der Waals surface area contributed by atoms with Gasteiger partial charge in [0, 0.05) is 62.1 Å². The maximum Gasteiger partial charge on any atom is 0.312 e. The van der Waals surface area contributed by atoms with Gasteiger partial charge in [-0.3, -0.25) is 4.79 Å². The molecule has 0 atom stereocenters. The Hall–Kier alpha value is 1.04. The van der Waals surface area contributed by atoms with Crippen molar-refractivity contribution in [3.8, 4) is 0 Å². The zero-order valence-corrected chi connectivity index (χ0v) is 22.9. The van der Waals surface area contributed by atoms with Crippen molar-refractivity contribution >= 4 is 37.6 Å². The van der Waals surface area contributed by atoms with Crippen LogP contribution in [0.1, 0.15) is 26.7 Å². The Bertz CT molecular complexity index is 521. The summed E-state index contributed by atoms with van der Waals surface area (Å²) in [4.78, 5) is 12.3. The Kier molecular flexibility index (Phi) is 20.1. The molecule has 0 spiro atoms. The number of esters is 1. The molecule has 0 saturated heterocycles. The summed E-state index contributed by atoms with van der Waals surface area (Å²) in [7, 11) is 1.92. The van der Waals surface area contributed by atoms with Gasteiger partial charge in [0.15, 0.2) is 0 Å². The third-order valence-corrected chi connectivity index (χ3v) is 6.95. The summed E-state index contributed by atoms with van der Waals surface area (Å²) < 4.78 is 42.9. The number of thioether (sulfide) groups is 1. The van der Waals surface area contributed by atoms with Gasteiger partial charge >= 0.3 is 5.97 Å². The fraction of sp³-hybridized carbons (Fsp3) is 0.938. The molecule has 4 radical (unpaired) electrons. The molecule has 0 aromatic heterocycles. The van der Waals surface area contributed by atoms with Crippen LogP contribution in [0, 0.1) is 5.41 Å². The van der Waals surface area contributed by atoms with Gasteiger partial charge in [-0.15, -0.1) is 0 Å². The van der Waals surface area contributed by atoms with E-state index in [1.54, 1.807) is 18.9 Å². The average molecular weight is 530 g/mol. The first-order valence-electron chi connectivity index (χ1n) is 8.66. The minimum Gasteiger partial charge on any atom is -0.748 e. The molecule has 0 saturated carbocycles. The van der Waals surface area contributed by atoms with E-state index in [0.29, 0.717) is 39.5 Å². The van der Waals surface area contributed by atoms with E-state index in [2.05, 4.69) is 0 Å². The molecule has 0 aliphatic rings. The first-order chi connectivity index (χ1) is 11.9. The van der Waals surface area contributed by atoms with Gasteiger partial charge in [-0.05, 0) is 32.1 Å². The van der Waals surface area contributed by atoms with Crippen molar-refractivity contribution in [3.63, 3.8) is 0 Å². The topological polar surface area (TPSA) is 92.7 Å². The van der Waals surface area contributed by atoms with Gasteiger partial charge in [0.2, 0.25) is 9.76 Å². The van der Waals surface area contributed by atoms with Crippen LogP contribution in [0.15, 0.2) is 0 Å². The van der Waals surface area contributed by atoms with Crippen molar-refractivity contribution in [3.05, 3.63) is 0 Å². The number of ether oxygens (including phenoxy) is 1. The number of hydrogen-bond donors (Lipinski definition) is 0. The molecule has 12 heteroatoms. The third kappa shape index (κ3) is 19.0. The first-order valence-corrected chi connectivity index (χ1v) is 12.5. The van der Waals surface area contributed by atoms with Gasteiger partial charge in [-0.1, -0.05) is 0 Å². The fourth-order valence-electron chi connectivity index (χ4n) is 2.10. The third-order valence-electron chi connectivity index (χ3n) is 3.81. The zero-order chi connectivity index (χ0) is 20.3. The molecule has 28 heavy (non-hydrogen) atoms. The van der Waals surface area contributed by atoms with Gasteiger partial charge in [-0.2, -0.15) is 11.8 Å². The Morgan fingerprint density at radius 2 is 1.79 bits per heavy atom. The number of rotatable bonds is 15.